The van der Waals surface area contributed by atoms with Gasteiger partial charge in [0.1, 0.15) is 17.2 Å². The highest BCUT2D eigenvalue weighted by Gasteiger charge is 2.11. The van der Waals surface area contributed by atoms with E-state index in [1.165, 1.54) is 24.3 Å². The Morgan fingerprint density at radius 2 is 1.17 bits per heavy atom. The first kappa shape index (κ1) is 20.5. The Hall–Kier alpha value is -4.25. The fourth-order valence-electron chi connectivity index (χ4n) is 2.45. The molecule has 0 atom stereocenters. The molecule has 3 rings (SSSR count). The number of nitriles is 1. The van der Waals surface area contributed by atoms with Gasteiger partial charge in [0.15, 0.2) is 0 Å². The van der Waals surface area contributed by atoms with Crippen molar-refractivity contribution in [3.05, 3.63) is 90.5 Å². The van der Waals surface area contributed by atoms with Gasteiger partial charge in [-0.1, -0.05) is 24.3 Å². The standard InChI is InChI=1S/C22H12F3NO4/c23-20(24)21(25)29-18-11-5-16(6-12-18)22(27)30-19-9-3-15(4-10-19)14-1-7-17(8-2-14)28-13-26/h1-12H. The Balaban J connectivity index is 1.64. The molecule has 0 N–H and O–H groups in total. The quantitative estimate of drug-likeness (QED) is 0.220. The first-order valence-electron chi connectivity index (χ1n) is 8.43. The smallest absolute Gasteiger partial charge is 0.344 e. The minimum atomic E-state index is -2.58. The summed E-state index contributed by atoms with van der Waals surface area (Å²) >= 11 is 0. The zero-order chi connectivity index (χ0) is 21.5. The van der Waals surface area contributed by atoms with Crippen LogP contribution in [0.4, 0.5) is 13.2 Å². The molecule has 0 saturated carbocycles. The molecule has 0 bridgehead atoms. The molecule has 8 heteroatoms. The fourth-order valence-corrected chi connectivity index (χ4v) is 2.45. The highest BCUT2D eigenvalue weighted by molar-refractivity contribution is 5.91. The number of rotatable bonds is 6. The van der Waals surface area contributed by atoms with E-state index in [1.807, 2.05) is 0 Å². The van der Waals surface area contributed by atoms with E-state index >= 15 is 0 Å². The predicted octanol–water partition coefficient (Wildman–Crippen LogP) is 5.85. The summed E-state index contributed by atoms with van der Waals surface area (Å²) in [4.78, 5) is 12.2. The number of esters is 1. The van der Waals surface area contributed by atoms with Crippen molar-refractivity contribution in [2.45, 2.75) is 0 Å². The Bertz CT molecular complexity index is 1100. The van der Waals surface area contributed by atoms with Gasteiger partial charge in [-0.05, 0) is 59.7 Å². The summed E-state index contributed by atoms with van der Waals surface area (Å²) in [6.07, 6.45) is -0.982. The number of hydrogen-bond acceptors (Lipinski definition) is 5. The van der Waals surface area contributed by atoms with Crippen molar-refractivity contribution in [2.24, 2.45) is 0 Å². The number of ether oxygens (including phenoxy) is 3. The van der Waals surface area contributed by atoms with Crippen LogP contribution in [0.5, 0.6) is 17.2 Å². The number of nitrogens with zero attached hydrogens (tertiary/aromatic N) is 1. The molecule has 0 aliphatic rings. The van der Waals surface area contributed by atoms with Crippen LogP contribution in [0.2, 0.25) is 0 Å². The monoisotopic (exact) mass is 411 g/mol. The lowest BCUT2D eigenvalue weighted by atomic mass is 10.1. The van der Waals surface area contributed by atoms with E-state index in [-0.39, 0.29) is 11.3 Å². The zero-order valence-electron chi connectivity index (χ0n) is 15.1. The van der Waals surface area contributed by atoms with Gasteiger partial charge in [-0.25, -0.2) is 4.79 Å². The molecule has 0 fully saturated rings. The van der Waals surface area contributed by atoms with Crippen LogP contribution >= 0.6 is 0 Å². The van der Waals surface area contributed by atoms with Gasteiger partial charge in [0.25, 0.3) is 6.26 Å². The van der Waals surface area contributed by atoms with Gasteiger partial charge in [0.2, 0.25) is 0 Å². The first-order chi connectivity index (χ1) is 14.5. The van der Waals surface area contributed by atoms with Crippen molar-refractivity contribution < 1.29 is 32.2 Å². The van der Waals surface area contributed by atoms with Crippen molar-refractivity contribution in [3.63, 3.8) is 0 Å². The van der Waals surface area contributed by atoms with Gasteiger partial charge in [-0.2, -0.15) is 13.2 Å². The summed E-state index contributed by atoms with van der Waals surface area (Å²) in [5, 5.41) is 8.49. The normalized spacial score (nSPS) is 9.93. The molecule has 150 valence electrons. The van der Waals surface area contributed by atoms with Gasteiger partial charge in [0.05, 0.1) is 5.56 Å². The molecule has 5 nitrogen and oxygen atoms in total. The molecule has 30 heavy (non-hydrogen) atoms. The van der Waals surface area contributed by atoms with E-state index in [0.717, 1.165) is 11.1 Å². The highest BCUT2D eigenvalue weighted by Crippen LogP contribution is 2.25. The van der Waals surface area contributed by atoms with E-state index in [4.69, 9.17) is 14.7 Å². The molecule has 0 aliphatic carbocycles. The van der Waals surface area contributed by atoms with Crippen LogP contribution in [-0.4, -0.2) is 5.97 Å². The summed E-state index contributed by atoms with van der Waals surface area (Å²) < 4.78 is 51.1. The second-order valence-corrected chi connectivity index (χ2v) is 5.79. The van der Waals surface area contributed by atoms with Crippen LogP contribution in [-0.2, 0) is 0 Å². The lowest BCUT2D eigenvalue weighted by Gasteiger charge is -2.07. The average molecular weight is 411 g/mol. The molecule has 0 amide bonds. The van der Waals surface area contributed by atoms with Crippen LogP contribution in [0.25, 0.3) is 11.1 Å². The molecule has 3 aromatic carbocycles. The van der Waals surface area contributed by atoms with Crippen molar-refractivity contribution in [1.82, 2.24) is 0 Å². The van der Waals surface area contributed by atoms with Crippen molar-refractivity contribution >= 4 is 5.97 Å². The number of carbonyl (C=O) groups is 1. The molecule has 0 aliphatic heterocycles. The second kappa shape index (κ2) is 9.30. The first-order valence-corrected chi connectivity index (χ1v) is 8.43. The SMILES string of the molecule is N#COc1ccc(-c2ccc(OC(=O)c3ccc(OC(F)=C(F)F)cc3)cc2)cc1. The summed E-state index contributed by atoms with van der Waals surface area (Å²) in [7, 11) is 0. The van der Waals surface area contributed by atoms with Gasteiger partial charge < -0.3 is 14.2 Å². The third kappa shape index (κ3) is 5.17. The largest absolute Gasteiger partial charge is 0.428 e. The van der Waals surface area contributed by atoms with Crippen molar-refractivity contribution in [2.75, 3.05) is 0 Å². The molecular weight excluding hydrogens is 399 g/mol. The molecule has 0 saturated heterocycles. The number of benzene rings is 3. The Morgan fingerprint density at radius 3 is 1.67 bits per heavy atom. The van der Waals surface area contributed by atoms with Crippen LogP contribution in [0.3, 0.4) is 0 Å². The Kier molecular flexibility index (Phi) is 6.35. The molecule has 0 radical (unpaired) electrons. The van der Waals surface area contributed by atoms with Crippen LogP contribution < -0.4 is 14.2 Å². The third-order valence-corrected chi connectivity index (χ3v) is 3.86. The lowest BCUT2D eigenvalue weighted by molar-refractivity contribution is 0.0734. The summed E-state index contributed by atoms with van der Waals surface area (Å²) in [5.41, 5.74) is 1.86. The number of carbonyl (C=O) groups excluding carboxylic acids is 1. The van der Waals surface area contributed by atoms with Gasteiger partial charge >= 0.3 is 18.1 Å². The van der Waals surface area contributed by atoms with E-state index < -0.39 is 18.1 Å². The number of hydrogen-bond donors (Lipinski definition) is 0. The van der Waals surface area contributed by atoms with Crippen LogP contribution in [0.1, 0.15) is 10.4 Å². The molecule has 0 unspecified atom stereocenters. The minimum Gasteiger partial charge on any atom is -0.428 e. The van der Waals surface area contributed by atoms with Gasteiger partial charge in [0, 0.05) is 0 Å². The maximum Gasteiger partial charge on any atom is 0.344 e. The number of halogens is 3. The van der Waals surface area contributed by atoms with E-state index in [9.17, 15) is 18.0 Å². The van der Waals surface area contributed by atoms with Crippen molar-refractivity contribution in [3.8, 4) is 34.6 Å². The maximum atomic E-state index is 12.8. The van der Waals surface area contributed by atoms with E-state index in [0.29, 0.717) is 11.5 Å². The molecule has 3 aromatic rings. The topological polar surface area (TPSA) is 68.5 Å². The summed E-state index contributed by atoms with van der Waals surface area (Å²) in [5.74, 6) is -0.147. The maximum absolute atomic E-state index is 12.8. The fraction of sp³-hybridized carbons (Fsp3) is 0. The second-order valence-electron chi connectivity index (χ2n) is 5.79. The van der Waals surface area contributed by atoms with E-state index in [2.05, 4.69) is 4.74 Å². The lowest BCUT2D eigenvalue weighted by Crippen LogP contribution is -2.08. The van der Waals surface area contributed by atoms with Crippen molar-refractivity contribution in [1.29, 1.82) is 5.26 Å². The molecule has 0 heterocycles. The Labute approximate surface area is 169 Å². The molecular formula is C22H12F3NO4. The van der Waals surface area contributed by atoms with Crippen LogP contribution in [0.15, 0.2) is 84.9 Å². The van der Waals surface area contributed by atoms with Gasteiger partial charge in [-0.3, -0.25) is 0 Å². The average Bonchev–Trinajstić information content (AvgIpc) is 2.75. The molecule has 0 spiro atoms. The summed E-state index contributed by atoms with van der Waals surface area (Å²) in [6, 6.07) is 16.5. The highest BCUT2D eigenvalue weighted by atomic mass is 19.3. The molecule has 0 aromatic heterocycles. The van der Waals surface area contributed by atoms with E-state index in [1.54, 1.807) is 54.8 Å². The zero-order valence-corrected chi connectivity index (χ0v) is 15.1. The van der Waals surface area contributed by atoms with Gasteiger partial charge in [-0.15, -0.1) is 5.26 Å². The Morgan fingerprint density at radius 1 is 0.700 bits per heavy atom. The summed E-state index contributed by atoms with van der Waals surface area (Å²) in [6.45, 7) is 0. The predicted molar refractivity (Wildman–Crippen MR) is 100 cm³/mol. The minimum absolute atomic E-state index is 0.129. The van der Waals surface area contributed by atoms with Crippen LogP contribution in [0, 0.1) is 11.5 Å². The third-order valence-electron chi connectivity index (χ3n) is 3.86.